The quantitative estimate of drug-likeness (QED) is 0.790. The van der Waals surface area contributed by atoms with Crippen LogP contribution in [-0.4, -0.2) is 13.2 Å². The lowest BCUT2D eigenvalue weighted by Crippen LogP contribution is -2.06. The van der Waals surface area contributed by atoms with E-state index in [1.165, 1.54) is 6.07 Å². The highest BCUT2D eigenvalue weighted by atomic mass is 19.3. The molecule has 1 aromatic rings. The molecular formula is C10H13F2NO. The molecule has 0 spiro atoms. The molecule has 2 nitrogen and oxygen atoms in total. The molecular weight excluding hydrogens is 188 g/mol. The summed E-state index contributed by atoms with van der Waals surface area (Å²) >= 11 is 0. The molecule has 0 radical (unpaired) electrons. The fourth-order valence-electron chi connectivity index (χ4n) is 1.07. The number of alkyl halides is 2. The molecule has 0 fully saturated rings. The molecule has 1 aromatic carbocycles. The number of hydrogen-bond acceptors (Lipinski definition) is 2. The maximum atomic E-state index is 12.0. The SMILES string of the molecule is CCCNc1ccccc1OC(F)F. The monoisotopic (exact) mass is 201 g/mol. The Morgan fingerprint density at radius 3 is 2.71 bits per heavy atom. The first-order valence-electron chi connectivity index (χ1n) is 4.51. The summed E-state index contributed by atoms with van der Waals surface area (Å²) in [7, 11) is 0. The number of halogens is 2. The fourth-order valence-corrected chi connectivity index (χ4v) is 1.07. The maximum absolute atomic E-state index is 12.0. The smallest absolute Gasteiger partial charge is 0.387 e. The number of para-hydroxylation sites is 2. The minimum absolute atomic E-state index is 0.191. The summed E-state index contributed by atoms with van der Waals surface area (Å²) in [4.78, 5) is 0. The minimum Gasteiger partial charge on any atom is -0.433 e. The first-order chi connectivity index (χ1) is 6.74. The topological polar surface area (TPSA) is 21.3 Å². The summed E-state index contributed by atoms with van der Waals surface area (Å²) in [5.41, 5.74) is 0.606. The van der Waals surface area contributed by atoms with E-state index >= 15 is 0 Å². The summed E-state index contributed by atoms with van der Waals surface area (Å²) < 4.78 is 28.3. The van der Waals surface area contributed by atoms with Crippen molar-refractivity contribution in [3.63, 3.8) is 0 Å². The number of anilines is 1. The van der Waals surface area contributed by atoms with Gasteiger partial charge in [-0.3, -0.25) is 0 Å². The molecule has 0 aromatic heterocycles. The molecule has 0 aliphatic heterocycles. The highest BCUT2D eigenvalue weighted by Crippen LogP contribution is 2.25. The minimum atomic E-state index is -2.78. The maximum Gasteiger partial charge on any atom is 0.387 e. The molecule has 78 valence electrons. The lowest BCUT2D eigenvalue weighted by Gasteiger charge is -2.11. The molecule has 0 amide bonds. The van der Waals surface area contributed by atoms with Crippen molar-refractivity contribution in [3.8, 4) is 5.75 Å². The van der Waals surface area contributed by atoms with E-state index in [1.807, 2.05) is 6.92 Å². The van der Waals surface area contributed by atoms with Crippen molar-refractivity contribution < 1.29 is 13.5 Å². The van der Waals surface area contributed by atoms with Gasteiger partial charge in [0.2, 0.25) is 0 Å². The van der Waals surface area contributed by atoms with Gasteiger partial charge in [0, 0.05) is 6.54 Å². The van der Waals surface area contributed by atoms with E-state index < -0.39 is 6.61 Å². The van der Waals surface area contributed by atoms with Crippen LogP contribution in [0.5, 0.6) is 5.75 Å². The lowest BCUT2D eigenvalue weighted by atomic mass is 10.3. The van der Waals surface area contributed by atoms with Gasteiger partial charge < -0.3 is 10.1 Å². The van der Waals surface area contributed by atoms with Gasteiger partial charge in [0.05, 0.1) is 5.69 Å². The molecule has 0 heterocycles. The van der Waals surface area contributed by atoms with E-state index in [1.54, 1.807) is 18.2 Å². The first-order valence-corrected chi connectivity index (χ1v) is 4.51. The molecule has 1 N–H and O–H groups in total. The summed E-state index contributed by atoms with van der Waals surface area (Å²) in [6.07, 6.45) is 0.934. The van der Waals surface area contributed by atoms with Crippen molar-refractivity contribution in [2.45, 2.75) is 20.0 Å². The van der Waals surface area contributed by atoms with Gasteiger partial charge in [0.1, 0.15) is 5.75 Å². The zero-order valence-electron chi connectivity index (χ0n) is 7.97. The van der Waals surface area contributed by atoms with Crippen LogP contribution in [0.4, 0.5) is 14.5 Å². The number of benzene rings is 1. The summed E-state index contributed by atoms with van der Waals surface area (Å²) in [6.45, 7) is -0.0349. The van der Waals surface area contributed by atoms with Gasteiger partial charge in [-0.25, -0.2) is 0 Å². The average Bonchev–Trinajstić information content (AvgIpc) is 2.16. The van der Waals surface area contributed by atoms with Crippen molar-refractivity contribution in [2.75, 3.05) is 11.9 Å². The predicted octanol–water partition coefficient (Wildman–Crippen LogP) is 3.11. The second-order valence-corrected chi connectivity index (χ2v) is 2.80. The van der Waals surface area contributed by atoms with Gasteiger partial charge in [-0.05, 0) is 18.6 Å². The fraction of sp³-hybridized carbons (Fsp3) is 0.400. The predicted molar refractivity (Wildman–Crippen MR) is 51.9 cm³/mol. The number of nitrogens with one attached hydrogen (secondary N) is 1. The number of ether oxygens (including phenoxy) is 1. The zero-order valence-corrected chi connectivity index (χ0v) is 7.97. The van der Waals surface area contributed by atoms with Crippen molar-refractivity contribution in [1.82, 2.24) is 0 Å². The Hall–Kier alpha value is -1.32. The standard InChI is InChI=1S/C10H13F2NO/c1-2-7-13-8-5-3-4-6-9(8)14-10(11)12/h3-6,10,13H,2,7H2,1H3. The normalized spacial score (nSPS) is 10.3. The third-order valence-electron chi connectivity index (χ3n) is 1.67. The van der Waals surface area contributed by atoms with Gasteiger partial charge in [-0.2, -0.15) is 8.78 Å². The van der Waals surface area contributed by atoms with Crippen molar-refractivity contribution in [3.05, 3.63) is 24.3 Å². The largest absolute Gasteiger partial charge is 0.433 e. The molecule has 0 atom stereocenters. The first kappa shape index (κ1) is 10.8. The molecule has 1 rings (SSSR count). The van der Waals surface area contributed by atoms with Gasteiger partial charge in [-0.15, -0.1) is 0 Å². The Balaban J connectivity index is 2.69. The molecule has 0 saturated carbocycles. The van der Waals surface area contributed by atoms with Gasteiger partial charge in [0.15, 0.2) is 0 Å². The van der Waals surface area contributed by atoms with Crippen molar-refractivity contribution in [1.29, 1.82) is 0 Å². The number of hydrogen-bond donors (Lipinski definition) is 1. The van der Waals surface area contributed by atoms with Crippen LogP contribution >= 0.6 is 0 Å². The van der Waals surface area contributed by atoms with Crippen molar-refractivity contribution >= 4 is 5.69 Å². The zero-order chi connectivity index (χ0) is 10.4. The summed E-state index contributed by atoms with van der Waals surface area (Å²) in [5, 5.41) is 3.01. The molecule has 0 saturated heterocycles. The van der Waals surface area contributed by atoms with Crippen LogP contribution in [0, 0.1) is 0 Å². The van der Waals surface area contributed by atoms with Crippen LogP contribution in [0.2, 0.25) is 0 Å². The van der Waals surface area contributed by atoms with E-state index in [4.69, 9.17) is 0 Å². The lowest BCUT2D eigenvalue weighted by molar-refractivity contribution is -0.0493. The molecule has 4 heteroatoms. The molecule has 14 heavy (non-hydrogen) atoms. The second-order valence-electron chi connectivity index (χ2n) is 2.80. The van der Waals surface area contributed by atoms with E-state index in [0.717, 1.165) is 13.0 Å². The summed E-state index contributed by atoms with van der Waals surface area (Å²) in [5.74, 6) is 0.191. The Labute approximate surface area is 81.9 Å². The Morgan fingerprint density at radius 2 is 2.07 bits per heavy atom. The highest BCUT2D eigenvalue weighted by molar-refractivity contribution is 5.56. The Kier molecular flexibility index (Phi) is 4.16. The van der Waals surface area contributed by atoms with Crippen LogP contribution in [0.3, 0.4) is 0 Å². The van der Waals surface area contributed by atoms with Gasteiger partial charge in [0.25, 0.3) is 0 Å². The van der Waals surface area contributed by atoms with Crippen LogP contribution in [0.15, 0.2) is 24.3 Å². The molecule has 0 aliphatic carbocycles. The number of rotatable bonds is 5. The molecule has 0 unspecified atom stereocenters. The Bertz CT molecular complexity index is 279. The third-order valence-corrected chi connectivity index (χ3v) is 1.67. The van der Waals surface area contributed by atoms with Crippen LogP contribution in [0.1, 0.15) is 13.3 Å². The van der Waals surface area contributed by atoms with Crippen molar-refractivity contribution in [2.24, 2.45) is 0 Å². The average molecular weight is 201 g/mol. The van der Waals surface area contributed by atoms with E-state index in [9.17, 15) is 8.78 Å². The van der Waals surface area contributed by atoms with E-state index in [2.05, 4.69) is 10.1 Å². The van der Waals surface area contributed by atoms with Gasteiger partial charge in [-0.1, -0.05) is 19.1 Å². The molecule has 0 aliphatic rings. The van der Waals surface area contributed by atoms with Crippen LogP contribution in [0.25, 0.3) is 0 Å². The van der Waals surface area contributed by atoms with Crippen LogP contribution < -0.4 is 10.1 Å². The third kappa shape index (κ3) is 3.20. The van der Waals surface area contributed by atoms with Crippen LogP contribution in [-0.2, 0) is 0 Å². The Morgan fingerprint density at radius 1 is 1.36 bits per heavy atom. The summed E-state index contributed by atoms with van der Waals surface area (Å²) in [6, 6.07) is 6.67. The van der Waals surface area contributed by atoms with E-state index in [0.29, 0.717) is 5.69 Å². The van der Waals surface area contributed by atoms with E-state index in [-0.39, 0.29) is 5.75 Å². The van der Waals surface area contributed by atoms with Gasteiger partial charge >= 0.3 is 6.61 Å². The second kappa shape index (κ2) is 5.42. The molecule has 0 bridgehead atoms. The highest BCUT2D eigenvalue weighted by Gasteiger charge is 2.07.